The highest BCUT2D eigenvalue weighted by atomic mass is 32.2. The van der Waals surface area contributed by atoms with Gasteiger partial charge >= 0.3 is 0 Å². The molecule has 2 heterocycles. The fourth-order valence-corrected chi connectivity index (χ4v) is 4.94. The lowest BCUT2D eigenvalue weighted by atomic mass is 10.2. The number of fused-ring (bicyclic) bond motifs is 2. The number of aromatic nitrogens is 4. The maximum absolute atomic E-state index is 15.2. The minimum Gasteiger partial charge on any atom is -0.335 e. The Labute approximate surface area is 199 Å². The molecule has 0 aliphatic heterocycles. The van der Waals surface area contributed by atoms with Gasteiger partial charge in [0.2, 0.25) is 10.0 Å². The van der Waals surface area contributed by atoms with E-state index in [4.69, 9.17) is 0 Å². The Kier molecular flexibility index (Phi) is 5.77. The Morgan fingerprint density at radius 2 is 1.80 bits per heavy atom. The first kappa shape index (κ1) is 22.7. The molecule has 0 spiro atoms. The number of sulfonamides is 1. The summed E-state index contributed by atoms with van der Waals surface area (Å²) in [6.07, 6.45) is 3.32. The van der Waals surface area contributed by atoms with E-state index in [9.17, 15) is 12.8 Å². The first-order valence-corrected chi connectivity index (χ1v) is 12.4. The van der Waals surface area contributed by atoms with E-state index in [-0.39, 0.29) is 17.3 Å². The van der Waals surface area contributed by atoms with Gasteiger partial charge in [-0.2, -0.15) is 0 Å². The standard InChI is InChI=1S/C24H20F2N6O2S/c1-2-11-35(33,34)31-20-10-8-17(25)23(22(20)26)30-24-16-12-15(7-9-18(16)27-13-28-24)32-14-29-19-5-3-4-6-21(19)32/h3-10,12-14,31H,2,11H2,1H3,(H,27,28,30). The molecule has 0 fully saturated rings. The molecule has 3 aromatic carbocycles. The van der Waals surface area contributed by atoms with Gasteiger partial charge < -0.3 is 5.32 Å². The molecule has 0 saturated heterocycles. The van der Waals surface area contributed by atoms with Crippen molar-refractivity contribution in [1.82, 2.24) is 19.5 Å². The molecule has 8 nitrogen and oxygen atoms in total. The smallest absolute Gasteiger partial charge is 0.232 e. The van der Waals surface area contributed by atoms with Crippen LogP contribution in [-0.4, -0.2) is 33.7 Å². The topological polar surface area (TPSA) is 102 Å². The third kappa shape index (κ3) is 4.37. The lowest BCUT2D eigenvalue weighted by molar-refractivity contribution is 0.588. The zero-order valence-corrected chi connectivity index (χ0v) is 19.4. The molecule has 0 amide bonds. The maximum Gasteiger partial charge on any atom is 0.232 e. The second-order valence-corrected chi connectivity index (χ2v) is 9.70. The van der Waals surface area contributed by atoms with Crippen molar-refractivity contribution in [1.29, 1.82) is 0 Å². The lowest BCUT2D eigenvalue weighted by Crippen LogP contribution is -2.17. The van der Waals surface area contributed by atoms with Crippen molar-refractivity contribution < 1.29 is 17.2 Å². The number of nitrogens with one attached hydrogen (secondary N) is 2. The molecule has 35 heavy (non-hydrogen) atoms. The van der Waals surface area contributed by atoms with Crippen LogP contribution in [-0.2, 0) is 10.0 Å². The van der Waals surface area contributed by atoms with Crippen molar-refractivity contribution in [2.45, 2.75) is 13.3 Å². The Morgan fingerprint density at radius 1 is 0.971 bits per heavy atom. The summed E-state index contributed by atoms with van der Waals surface area (Å²) in [5, 5.41) is 3.20. The number of hydrogen-bond acceptors (Lipinski definition) is 6. The van der Waals surface area contributed by atoms with Crippen molar-refractivity contribution in [3.05, 3.63) is 78.9 Å². The van der Waals surface area contributed by atoms with Crippen molar-refractivity contribution >= 4 is 49.2 Å². The van der Waals surface area contributed by atoms with E-state index in [0.29, 0.717) is 17.3 Å². The van der Waals surface area contributed by atoms with Crippen molar-refractivity contribution in [2.24, 2.45) is 0 Å². The molecule has 0 saturated carbocycles. The van der Waals surface area contributed by atoms with Crippen LogP contribution >= 0.6 is 0 Å². The Morgan fingerprint density at radius 3 is 2.63 bits per heavy atom. The van der Waals surface area contributed by atoms with Gasteiger partial charge in [0.25, 0.3) is 0 Å². The van der Waals surface area contributed by atoms with Gasteiger partial charge in [-0.15, -0.1) is 0 Å². The number of halogens is 2. The monoisotopic (exact) mass is 494 g/mol. The molecule has 0 aliphatic carbocycles. The first-order chi connectivity index (χ1) is 16.9. The van der Waals surface area contributed by atoms with Crippen LogP contribution in [0.5, 0.6) is 0 Å². The number of benzene rings is 3. The average molecular weight is 495 g/mol. The summed E-state index contributed by atoms with van der Waals surface area (Å²) in [7, 11) is -3.77. The molecule has 11 heteroatoms. The van der Waals surface area contributed by atoms with Crippen molar-refractivity contribution in [3.63, 3.8) is 0 Å². The van der Waals surface area contributed by atoms with Crippen molar-refractivity contribution in [2.75, 3.05) is 15.8 Å². The second-order valence-electron chi connectivity index (χ2n) is 7.86. The van der Waals surface area contributed by atoms with E-state index in [2.05, 4.69) is 25.0 Å². The molecule has 0 unspecified atom stereocenters. The molecule has 0 bridgehead atoms. The van der Waals surface area contributed by atoms with E-state index in [1.807, 2.05) is 34.9 Å². The van der Waals surface area contributed by atoms with E-state index < -0.39 is 27.3 Å². The van der Waals surface area contributed by atoms with Crippen LogP contribution in [0, 0.1) is 11.6 Å². The van der Waals surface area contributed by atoms with E-state index in [1.165, 1.54) is 6.33 Å². The van der Waals surface area contributed by atoms with Crippen LogP contribution < -0.4 is 10.0 Å². The molecule has 2 N–H and O–H groups in total. The zero-order valence-electron chi connectivity index (χ0n) is 18.5. The summed E-state index contributed by atoms with van der Waals surface area (Å²) in [6.45, 7) is 1.69. The van der Waals surface area contributed by atoms with Crippen LogP contribution in [0.4, 0.5) is 26.0 Å². The highest BCUT2D eigenvalue weighted by molar-refractivity contribution is 7.92. The summed E-state index contributed by atoms with van der Waals surface area (Å²) in [5.74, 6) is -2.00. The summed E-state index contributed by atoms with van der Waals surface area (Å²) in [6, 6.07) is 15.1. The van der Waals surface area contributed by atoms with E-state index in [1.54, 1.807) is 25.4 Å². The minimum absolute atomic E-state index is 0.160. The van der Waals surface area contributed by atoms with Crippen LogP contribution in [0.1, 0.15) is 13.3 Å². The molecule has 0 radical (unpaired) electrons. The van der Waals surface area contributed by atoms with Gasteiger partial charge in [0.15, 0.2) is 5.82 Å². The zero-order chi connectivity index (χ0) is 24.6. The van der Waals surface area contributed by atoms with Gasteiger partial charge in [-0.1, -0.05) is 19.1 Å². The molecular formula is C24H20F2N6O2S. The quantitative estimate of drug-likeness (QED) is 0.325. The predicted molar refractivity (Wildman–Crippen MR) is 132 cm³/mol. The number of imidazole rings is 1. The summed E-state index contributed by atoms with van der Waals surface area (Å²) < 4.78 is 58.1. The van der Waals surface area contributed by atoms with Crippen LogP contribution in [0.25, 0.3) is 27.6 Å². The number of anilines is 3. The highest BCUT2D eigenvalue weighted by Gasteiger charge is 2.19. The van der Waals surface area contributed by atoms with Crippen LogP contribution in [0.2, 0.25) is 0 Å². The number of para-hydroxylation sites is 2. The molecule has 0 atom stereocenters. The largest absolute Gasteiger partial charge is 0.335 e. The molecular weight excluding hydrogens is 474 g/mol. The number of nitrogens with zero attached hydrogens (tertiary/aromatic N) is 4. The van der Waals surface area contributed by atoms with Gasteiger partial charge in [-0.3, -0.25) is 9.29 Å². The maximum atomic E-state index is 15.2. The molecule has 2 aromatic heterocycles. The Hall–Kier alpha value is -4.12. The summed E-state index contributed by atoms with van der Waals surface area (Å²) >= 11 is 0. The fraction of sp³-hybridized carbons (Fsp3) is 0.125. The second kappa shape index (κ2) is 8.91. The lowest BCUT2D eigenvalue weighted by Gasteiger charge is -2.14. The number of rotatable bonds is 7. The minimum atomic E-state index is -3.77. The van der Waals surface area contributed by atoms with Gasteiger partial charge in [0, 0.05) is 11.1 Å². The summed E-state index contributed by atoms with van der Waals surface area (Å²) in [5.41, 5.74) is 2.14. The summed E-state index contributed by atoms with van der Waals surface area (Å²) in [4.78, 5) is 12.8. The first-order valence-electron chi connectivity index (χ1n) is 10.8. The fourth-order valence-electron chi connectivity index (χ4n) is 3.81. The van der Waals surface area contributed by atoms with Crippen LogP contribution in [0.3, 0.4) is 0 Å². The predicted octanol–water partition coefficient (Wildman–Crippen LogP) is 5.14. The van der Waals surface area contributed by atoms with Crippen molar-refractivity contribution in [3.8, 4) is 5.69 Å². The normalized spacial score (nSPS) is 11.7. The van der Waals surface area contributed by atoms with Gasteiger partial charge in [0.05, 0.1) is 28.0 Å². The Balaban J connectivity index is 1.57. The van der Waals surface area contributed by atoms with Gasteiger partial charge in [-0.05, 0) is 48.9 Å². The third-order valence-electron chi connectivity index (χ3n) is 5.42. The molecule has 5 rings (SSSR count). The molecule has 0 aliphatic rings. The highest BCUT2D eigenvalue weighted by Crippen LogP contribution is 2.32. The number of hydrogen-bond donors (Lipinski definition) is 2. The van der Waals surface area contributed by atoms with E-state index in [0.717, 1.165) is 28.9 Å². The SMILES string of the molecule is CCCS(=O)(=O)Nc1ccc(F)c(Nc2ncnc3ccc(-n4cnc5ccccc54)cc23)c1F. The van der Waals surface area contributed by atoms with Gasteiger partial charge in [-0.25, -0.2) is 32.2 Å². The Bertz CT molecular complexity index is 1670. The molecule has 5 aromatic rings. The van der Waals surface area contributed by atoms with Crippen LogP contribution in [0.15, 0.2) is 67.3 Å². The van der Waals surface area contributed by atoms with Gasteiger partial charge in [0.1, 0.15) is 30.0 Å². The van der Waals surface area contributed by atoms with E-state index >= 15 is 4.39 Å². The average Bonchev–Trinajstić information content (AvgIpc) is 3.27. The third-order valence-corrected chi connectivity index (χ3v) is 6.90. The molecule has 178 valence electrons.